The molecule has 3 amide bonds. The number of anilines is 1. The minimum atomic E-state index is -0.598. The van der Waals surface area contributed by atoms with Crippen LogP contribution >= 0.6 is 0 Å². The van der Waals surface area contributed by atoms with Crippen LogP contribution in [0.25, 0.3) is 0 Å². The van der Waals surface area contributed by atoms with Gasteiger partial charge in [0.2, 0.25) is 11.8 Å². The second kappa shape index (κ2) is 10.1. The van der Waals surface area contributed by atoms with Crippen LogP contribution in [0.4, 0.5) is 5.69 Å². The van der Waals surface area contributed by atoms with E-state index in [9.17, 15) is 14.4 Å². The van der Waals surface area contributed by atoms with Gasteiger partial charge in [0.25, 0.3) is 5.91 Å². The topological polar surface area (TPSA) is 121 Å². The van der Waals surface area contributed by atoms with Crippen LogP contribution in [0.15, 0.2) is 48.5 Å². The molecule has 0 radical (unpaired) electrons. The van der Waals surface area contributed by atoms with Gasteiger partial charge in [-0.3, -0.25) is 25.2 Å². The molecule has 3 rings (SSSR count). The van der Waals surface area contributed by atoms with Gasteiger partial charge >= 0.3 is 0 Å². The molecule has 0 spiro atoms. The summed E-state index contributed by atoms with van der Waals surface area (Å²) in [4.78, 5) is 38.2. The smallest absolute Gasteiger partial charge is 0.276 e. The van der Waals surface area contributed by atoms with E-state index in [0.717, 1.165) is 0 Å². The molecule has 1 fully saturated rings. The molecule has 0 bridgehead atoms. The Morgan fingerprint density at radius 1 is 1.13 bits per heavy atom. The summed E-state index contributed by atoms with van der Waals surface area (Å²) in [7, 11) is 0. The molecule has 0 aliphatic carbocycles. The summed E-state index contributed by atoms with van der Waals surface area (Å²) < 4.78 is 10.7. The highest BCUT2D eigenvalue weighted by atomic mass is 16.5. The maximum atomic E-state index is 12.4. The predicted octanol–water partition coefficient (Wildman–Crippen LogP) is 1.54. The Bertz CT molecular complexity index is 1000. The molecule has 160 valence electrons. The summed E-state index contributed by atoms with van der Waals surface area (Å²) in [5.74, 6) is -0.846. The van der Waals surface area contributed by atoms with Gasteiger partial charge in [-0.05, 0) is 43.3 Å². The summed E-state index contributed by atoms with van der Waals surface area (Å²) in [5.41, 5.74) is 5.57. The van der Waals surface area contributed by atoms with Crippen molar-refractivity contribution in [3.05, 3.63) is 54.1 Å². The lowest BCUT2D eigenvalue weighted by Gasteiger charge is -2.17. The molecular weight excluding hydrogens is 400 g/mol. The number of nitrogens with one attached hydrogen (secondary N) is 2. The van der Waals surface area contributed by atoms with Gasteiger partial charge in [-0.1, -0.05) is 12.1 Å². The first kappa shape index (κ1) is 21.6. The number of amides is 3. The second-order valence-corrected chi connectivity index (χ2v) is 6.77. The summed E-state index contributed by atoms with van der Waals surface area (Å²) in [6, 6.07) is 15.5. The maximum Gasteiger partial charge on any atom is 0.276 e. The lowest BCUT2D eigenvalue weighted by Crippen LogP contribution is -2.46. The highest BCUT2D eigenvalue weighted by molar-refractivity contribution is 6.00. The van der Waals surface area contributed by atoms with Gasteiger partial charge < -0.3 is 14.4 Å². The third-order valence-electron chi connectivity index (χ3n) is 4.65. The molecule has 0 aromatic heterocycles. The third-order valence-corrected chi connectivity index (χ3v) is 4.65. The number of para-hydroxylation sites is 1. The van der Waals surface area contributed by atoms with E-state index in [1.165, 1.54) is 4.90 Å². The maximum absolute atomic E-state index is 12.4. The lowest BCUT2D eigenvalue weighted by atomic mass is 10.1. The zero-order chi connectivity index (χ0) is 22.2. The van der Waals surface area contributed by atoms with Crippen molar-refractivity contribution in [3.63, 3.8) is 0 Å². The van der Waals surface area contributed by atoms with Gasteiger partial charge in [-0.2, -0.15) is 5.26 Å². The van der Waals surface area contributed by atoms with E-state index in [1.54, 1.807) is 48.5 Å². The minimum absolute atomic E-state index is 0.0426. The van der Waals surface area contributed by atoms with Gasteiger partial charge in [0.1, 0.15) is 17.6 Å². The van der Waals surface area contributed by atoms with Crippen molar-refractivity contribution in [2.75, 3.05) is 24.7 Å². The number of rotatable bonds is 7. The zero-order valence-electron chi connectivity index (χ0n) is 17.0. The van der Waals surface area contributed by atoms with Crippen LogP contribution < -0.4 is 25.2 Å². The number of benzene rings is 2. The molecule has 2 aromatic rings. The first-order valence-electron chi connectivity index (χ1n) is 9.75. The number of hydrogen-bond donors (Lipinski definition) is 2. The average molecular weight is 422 g/mol. The van der Waals surface area contributed by atoms with E-state index in [-0.39, 0.29) is 31.2 Å². The number of ether oxygens (including phenoxy) is 2. The normalized spacial score (nSPS) is 15.2. The fourth-order valence-electron chi connectivity index (χ4n) is 3.12. The Balaban J connectivity index is 1.48. The molecule has 1 heterocycles. The Morgan fingerprint density at radius 3 is 2.58 bits per heavy atom. The summed E-state index contributed by atoms with van der Waals surface area (Å²) >= 11 is 0. The van der Waals surface area contributed by atoms with E-state index < -0.39 is 17.7 Å². The molecular formula is C22H22N4O5. The van der Waals surface area contributed by atoms with Gasteiger partial charge in [0.15, 0.2) is 6.61 Å². The van der Waals surface area contributed by atoms with Crippen LogP contribution in [-0.2, 0) is 14.4 Å². The van der Waals surface area contributed by atoms with Crippen LogP contribution in [-0.4, -0.2) is 37.5 Å². The molecule has 1 unspecified atom stereocenters. The highest BCUT2D eigenvalue weighted by Crippen LogP contribution is 2.27. The Labute approximate surface area is 179 Å². The van der Waals surface area contributed by atoms with Crippen LogP contribution in [0, 0.1) is 17.2 Å². The van der Waals surface area contributed by atoms with Gasteiger partial charge in [0, 0.05) is 18.7 Å². The van der Waals surface area contributed by atoms with E-state index >= 15 is 0 Å². The third kappa shape index (κ3) is 5.51. The highest BCUT2D eigenvalue weighted by Gasteiger charge is 2.35. The molecule has 1 aliphatic heterocycles. The van der Waals surface area contributed by atoms with Gasteiger partial charge in [-0.25, -0.2) is 0 Å². The molecule has 9 nitrogen and oxygen atoms in total. The lowest BCUT2D eigenvalue weighted by molar-refractivity contribution is -0.132. The second-order valence-electron chi connectivity index (χ2n) is 6.77. The first-order chi connectivity index (χ1) is 15.0. The quantitative estimate of drug-likeness (QED) is 0.653. The molecule has 9 heteroatoms. The molecule has 31 heavy (non-hydrogen) atoms. The van der Waals surface area contributed by atoms with Crippen molar-refractivity contribution < 1.29 is 23.9 Å². The number of nitriles is 1. The molecule has 1 saturated heterocycles. The van der Waals surface area contributed by atoms with Crippen molar-refractivity contribution in [1.82, 2.24) is 10.9 Å². The fourth-order valence-corrected chi connectivity index (χ4v) is 3.12. The first-order valence-corrected chi connectivity index (χ1v) is 9.75. The standard InChI is InChI=1S/C22H22N4O5/c1-2-30-18-9-7-17(8-10-18)26-13-16(11-21(26)28)22(29)25-24-20(27)14-31-19-6-4-3-5-15(19)12-23/h3-10,16H,2,11,13-14H2,1H3,(H,24,27)(H,25,29). The Morgan fingerprint density at radius 2 is 1.87 bits per heavy atom. The number of carbonyl (C=O) groups is 3. The van der Waals surface area contributed by atoms with Crippen molar-refractivity contribution in [2.45, 2.75) is 13.3 Å². The Kier molecular flexibility index (Phi) is 7.06. The van der Waals surface area contributed by atoms with Crippen molar-refractivity contribution in [1.29, 1.82) is 5.26 Å². The number of hydrazine groups is 1. The van der Waals surface area contributed by atoms with Gasteiger partial charge in [0.05, 0.1) is 18.1 Å². The number of nitrogens with zero attached hydrogens (tertiary/aromatic N) is 2. The average Bonchev–Trinajstić information content (AvgIpc) is 3.18. The fraction of sp³-hybridized carbons (Fsp3) is 0.273. The summed E-state index contributed by atoms with van der Waals surface area (Å²) in [6.45, 7) is 2.27. The van der Waals surface area contributed by atoms with Crippen LogP contribution in [0.2, 0.25) is 0 Å². The minimum Gasteiger partial charge on any atom is -0.494 e. The van der Waals surface area contributed by atoms with E-state index in [4.69, 9.17) is 14.7 Å². The monoisotopic (exact) mass is 422 g/mol. The molecule has 1 atom stereocenters. The molecule has 2 N–H and O–H groups in total. The summed E-state index contributed by atoms with van der Waals surface area (Å²) in [5, 5.41) is 9.02. The van der Waals surface area contributed by atoms with Crippen molar-refractivity contribution in [3.8, 4) is 17.6 Å². The summed E-state index contributed by atoms with van der Waals surface area (Å²) in [6.07, 6.45) is 0.0426. The molecule has 0 saturated carbocycles. The van der Waals surface area contributed by atoms with E-state index in [0.29, 0.717) is 23.6 Å². The largest absolute Gasteiger partial charge is 0.494 e. The van der Waals surface area contributed by atoms with Gasteiger partial charge in [-0.15, -0.1) is 0 Å². The number of hydrogen-bond acceptors (Lipinski definition) is 6. The van der Waals surface area contributed by atoms with Crippen LogP contribution in [0.1, 0.15) is 18.9 Å². The van der Waals surface area contributed by atoms with Crippen molar-refractivity contribution in [2.24, 2.45) is 5.92 Å². The van der Waals surface area contributed by atoms with Crippen LogP contribution in [0.3, 0.4) is 0 Å². The van der Waals surface area contributed by atoms with Crippen LogP contribution in [0.5, 0.6) is 11.5 Å². The predicted molar refractivity (Wildman–Crippen MR) is 111 cm³/mol. The molecule has 2 aromatic carbocycles. The Hall–Kier alpha value is -4.06. The molecule has 1 aliphatic rings. The number of carbonyl (C=O) groups excluding carboxylic acids is 3. The zero-order valence-corrected chi connectivity index (χ0v) is 17.0. The van der Waals surface area contributed by atoms with E-state index in [2.05, 4.69) is 10.9 Å². The van der Waals surface area contributed by atoms with E-state index in [1.807, 2.05) is 13.0 Å². The SMILES string of the molecule is CCOc1ccc(N2CC(C(=O)NNC(=O)COc3ccccc3C#N)CC2=O)cc1. The van der Waals surface area contributed by atoms with Crippen molar-refractivity contribution >= 4 is 23.4 Å².